The molecule has 0 aliphatic rings. The van der Waals surface area contributed by atoms with Gasteiger partial charge >= 0.3 is 11.9 Å². The Morgan fingerprint density at radius 2 is 1.33 bits per heavy atom. The lowest BCUT2D eigenvalue weighted by atomic mass is 9.96. The van der Waals surface area contributed by atoms with E-state index in [-0.39, 0.29) is 18.3 Å². The smallest absolute Gasteiger partial charge is 0.298 e. The first-order valence-corrected chi connectivity index (χ1v) is 8.72. The van der Waals surface area contributed by atoms with Crippen molar-refractivity contribution in [3.8, 4) is 0 Å². The van der Waals surface area contributed by atoms with Crippen LogP contribution in [0, 0.1) is 5.92 Å². The van der Waals surface area contributed by atoms with Gasteiger partial charge in [-0.2, -0.15) is 9.78 Å². The molecule has 0 aliphatic heterocycles. The summed E-state index contributed by atoms with van der Waals surface area (Å²) in [5.41, 5.74) is -1.08. The van der Waals surface area contributed by atoms with E-state index in [0.717, 1.165) is 19.3 Å². The molecule has 0 saturated heterocycles. The fraction of sp³-hybridized carbons (Fsp3) is 0.889. The Morgan fingerprint density at radius 1 is 0.833 bits per heavy atom. The lowest BCUT2D eigenvalue weighted by Gasteiger charge is -2.20. The third-order valence-corrected chi connectivity index (χ3v) is 2.93. The highest BCUT2D eigenvalue weighted by Gasteiger charge is 2.24. The van der Waals surface area contributed by atoms with E-state index >= 15 is 0 Å². The largest absolute Gasteiger partial charge is 0.345 e. The van der Waals surface area contributed by atoms with Crippen molar-refractivity contribution < 1.29 is 29.1 Å². The monoisotopic (exact) mass is 346 g/mol. The Bertz CT molecular complexity index is 378. The van der Waals surface area contributed by atoms with E-state index in [1.54, 1.807) is 20.8 Å². The van der Waals surface area contributed by atoms with Crippen molar-refractivity contribution in [2.75, 3.05) is 0 Å². The molecule has 0 amide bonds. The minimum Gasteiger partial charge on any atom is -0.298 e. The van der Waals surface area contributed by atoms with Crippen LogP contribution >= 0.6 is 0 Å². The summed E-state index contributed by atoms with van der Waals surface area (Å²) in [4.78, 5) is 43.5. The Labute approximate surface area is 146 Å². The minimum atomic E-state index is -0.543. The SMILES string of the molecule is CCCCC(CCCC(=O)OOC(C)(C)C)C(=O)OOC(C)(C)C. The summed E-state index contributed by atoms with van der Waals surface area (Å²) < 4.78 is 0. The highest BCUT2D eigenvalue weighted by molar-refractivity contribution is 5.72. The zero-order valence-electron chi connectivity index (χ0n) is 16.3. The van der Waals surface area contributed by atoms with Crippen LogP contribution in [-0.2, 0) is 29.1 Å². The van der Waals surface area contributed by atoms with Gasteiger partial charge in [0.25, 0.3) is 0 Å². The normalized spacial score (nSPS) is 13.5. The third kappa shape index (κ3) is 13.3. The van der Waals surface area contributed by atoms with Crippen molar-refractivity contribution in [1.29, 1.82) is 0 Å². The second-order valence-electron chi connectivity index (χ2n) is 7.98. The molecule has 0 saturated carbocycles. The molecule has 0 N–H and O–H groups in total. The number of hydrogen-bond donors (Lipinski definition) is 0. The molecule has 0 aromatic heterocycles. The molecule has 142 valence electrons. The van der Waals surface area contributed by atoms with Crippen LogP contribution in [0.5, 0.6) is 0 Å². The van der Waals surface area contributed by atoms with Crippen LogP contribution in [0.1, 0.15) is 87.0 Å². The number of unbranched alkanes of at least 4 members (excludes halogenated alkanes) is 1. The molecular formula is C18H34O6. The van der Waals surface area contributed by atoms with Crippen molar-refractivity contribution in [3.63, 3.8) is 0 Å². The van der Waals surface area contributed by atoms with Crippen LogP contribution in [0.2, 0.25) is 0 Å². The average Bonchev–Trinajstić information content (AvgIpc) is 2.44. The van der Waals surface area contributed by atoms with Crippen LogP contribution in [-0.4, -0.2) is 23.1 Å². The van der Waals surface area contributed by atoms with E-state index in [1.807, 2.05) is 20.8 Å². The van der Waals surface area contributed by atoms with Gasteiger partial charge in [0, 0.05) is 6.42 Å². The number of carbonyl (C=O) groups excluding carboxylic acids is 2. The van der Waals surface area contributed by atoms with E-state index in [0.29, 0.717) is 12.8 Å². The van der Waals surface area contributed by atoms with Gasteiger partial charge in [-0.3, -0.25) is 9.78 Å². The van der Waals surface area contributed by atoms with E-state index in [2.05, 4.69) is 6.92 Å². The molecule has 0 aromatic carbocycles. The predicted octanol–water partition coefficient (Wildman–Crippen LogP) is 4.51. The van der Waals surface area contributed by atoms with Crippen molar-refractivity contribution >= 4 is 11.9 Å². The van der Waals surface area contributed by atoms with Crippen LogP contribution in [0.25, 0.3) is 0 Å². The van der Waals surface area contributed by atoms with E-state index in [1.165, 1.54) is 0 Å². The fourth-order valence-electron chi connectivity index (χ4n) is 1.77. The summed E-state index contributed by atoms with van der Waals surface area (Å²) >= 11 is 0. The zero-order chi connectivity index (χ0) is 18.8. The molecule has 0 radical (unpaired) electrons. The molecule has 6 heteroatoms. The highest BCUT2D eigenvalue weighted by Crippen LogP contribution is 2.20. The lowest BCUT2D eigenvalue weighted by molar-refractivity contribution is -0.323. The topological polar surface area (TPSA) is 71.1 Å². The van der Waals surface area contributed by atoms with Gasteiger partial charge in [0.15, 0.2) is 0 Å². The van der Waals surface area contributed by atoms with Gasteiger partial charge in [0.05, 0.1) is 5.92 Å². The van der Waals surface area contributed by atoms with Crippen LogP contribution in [0.15, 0.2) is 0 Å². The summed E-state index contributed by atoms with van der Waals surface area (Å²) in [6, 6.07) is 0. The molecule has 1 atom stereocenters. The van der Waals surface area contributed by atoms with Gasteiger partial charge in [-0.05, 0) is 60.8 Å². The molecule has 24 heavy (non-hydrogen) atoms. The molecule has 0 heterocycles. The van der Waals surface area contributed by atoms with Gasteiger partial charge < -0.3 is 0 Å². The standard InChI is InChI=1S/C18H34O6/c1-8-9-11-14(16(20)22-24-18(5,6)7)12-10-13-15(19)21-23-17(2,3)4/h14H,8-13H2,1-7H3. The van der Waals surface area contributed by atoms with Gasteiger partial charge in [-0.15, -0.1) is 0 Å². The first kappa shape index (κ1) is 22.9. The van der Waals surface area contributed by atoms with E-state index < -0.39 is 17.2 Å². The summed E-state index contributed by atoms with van der Waals surface area (Å²) in [5.74, 6) is -1.08. The Hall–Kier alpha value is -1.14. The maximum absolute atomic E-state index is 12.1. The average molecular weight is 346 g/mol. The molecule has 0 bridgehead atoms. The number of rotatable bonds is 10. The van der Waals surface area contributed by atoms with Crippen LogP contribution in [0.3, 0.4) is 0 Å². The van der Waals surface area contributed by atoms with Gasteiger partial charge in [-0.25, -0.2) is 9.59 Å². The molecule has 6 nitrogen and oxygen atoms in total. The fourth-order valence-corrected chi connectivity index (χ4v) is 1.77. The quantitative estimate of drug-likeness (QED) is 0.428. The number of carbonyl (C=O) groups is 2. The Balaban J connectivity index is 4.27. The predicted molar refractivity (Wildman–Crippen MR) is 90.7 cm³/mol. The Kier molecular flexibility index (Phi) is 10.2. The van der Waals surface area contributed by atoms with Gasteiger partial charge in [0.1, 0.15) is 11.2 Å². The van der Waals surface area contributed by atoms with Gasteiger partial charge in [-0.1, -0.05) is 19.8 Å². The van der Waals surface area contributed by atoms with Crippen LogP contribution < -0.4 is 0 Å². The van der Waals surface area contributed by atoms with Crippen LogP contribution in [0.4, 0.5) is 0 Å². The molecule has 0 aromatic rings. The van der Waals surface area contributed by atoms with E-state index in [4.69, 9.17) is 19.6 Å². The van der Waals surface area contributed by atoms with Crippen molar-refractivity contribution in [2.45, 2.75) is 98.2 Å². The summed E-state index contributed by atoms with van der Waals surface area (Å²) in [6.45, 7) is 12.9. The van der Waals surface area contributed by atoms with E-state index in [9.17, 15) is 9.59 Å². The first-order chi connectivity index (χ1) is 10.9. The van der Waals surface area contributed by atoms with Crippen molar-refractivity contribution in [1.82, 2.24) is 0 Å². The molecule has 0 rings (SSSR count). The molecular weight excluding hydrogens is 312 g/mol. The maximum atomic E-state index is 12.1. The molecule has 0 fully saturated rings. The Morgan fingerprint density at radius 3 is 1.83 bits per heavy atom. The van der Waals surface area contributed by atoms with Gasteiger partial charge in [0.2, 0.25) is 0 Å². The zero-order valence-corrected chi connectivity index (χ0v) is 16.3. The van der Waals surface area contributed by atoms with Crippen molar-refractivity contribution in [2.24, 2.45) is 5.92 Å². The maximum Gasteiger partial charge on any atom is 0.345 e. The molecule has 0 spiro atoms. The first-order valence-electron chi connectivity index (χ1n) is 8.72. The van der Waals surface area contributed by atoms with Crippen molar-refractivity contribution in [3.05, 3.63) is 0 Å². The molecule has 1 unspecified atom stereocenters. The second kappa shape index (κ2) is 10.7. The molecule has 0 aliphatic carbocycles. The summed E-state index contributed by atoms with van der Waals surface area (Å²) in [6.07, 6.45) is 3.92. The summed E-state index contributed by atoms with van der Waals surface area (Å²) in [5, 5.41) is 0. The number of hydrogen-bond acceptors (Lipinski definition) is 6. The minimum absolute atomic E-state index is 0.201. The highest BCUT2D eigenvalue weighted by atomic mass is 17.2. The summed E-state index contributed by atoms with van der Waals surface area (Å²) in [7, 11) is 0. The lowest BCUT2D eigenvalue weighted by Crippen LogP contribution is -2.26. The second-order valence-corrected chi connectivity index (χ2v) is 7.98. The third-order valence-electron chi connectivity index (χ3n) is 2.93.